The highest BCUT2D eigenvalue weighted by molar-refractivity contribution is 7.26. The van der Waals surface area contributed by atoms with E-state index in [0.717, 1.165) is 22.5 Å². The van der Waals surface area contributed by atoms with Crippen LogP contribution in [-0.2, 0) is 0 Å². The summed E-state index contributed by atoms with van der Waals surface area (Å²) in [5.41, 5.74) is 0.437. The number of para-hydroxylation sites is 3. The largest absolute Gasteiger partial charge is 0.455 e. The van der Waals surface area contributed by atoms with Gasteiger partial charge in [-0.3, -0.25) is 4.57 Å². The predicted molar refractivity (Wildman–Crippen MR) is 211 cm³/mol. The number of benzene rings is 7. The second-order valence-electron chi connectivity index (χ2n) is 11.5. The molecule has 0 fully saturated rings. The number of hydrogen-bond donors (Lipinski definition) is 0. The van der Waals surface area contributed by atoms with Gasteiger partial charge in [0.15, 0.2) is 11.6 Å². The second-order valence-corrected chi connectivity index (χ2v) is 12.6. The number of rotatable bonds is 4. The molecule has 0 radical (unpaired) electrons. The summed E-state index contributed by atoms with van der Waals surface area (Å²) in [6.07, 6.45) is 0. The van der Waals surface area contributed by atoms with Gasteiger partial charge in [0, 0.05) is 47.3 Å². The first-order valence-corrected chi connectivity index (χ1v) is 16.4. The smallest absolute Gasteiger partial charge is 0.238 e. The number of thiophene rings is 1. The second kappa shape index (κ2) is 10.9. The lowest BCUT2D eigenvalue weighted by atomic mass is 10.0. The number of furan rings is 1. The molecule has 0 unspecified atom stereocenters. The topological polar surface area (TPSA) is 56.7 Å². The van der Waals surface area contributed by atoms with Gasteiger partial charge in [-0.2, -0.15) is 9.97 Å². The Hall–Kier alpha value is -6.63. The van der Waals surface area contributed by atoms with Crippen molar-refractivity contribution in [1.82, 2.24) is 19.5 Å². The minimum atomic E-state index is -0.677. The van der Waals surface area contributed by atoms with Crippen LogP contribution in [0.15, 0.2) is 162 Å². The van der Waals surface area contributed by atoms with E-state index in [0.29, 0.717) is 5.56 Å². The average Bonchev–Trinajstić information content (AvgIpc) is 4.05. The Balaban J connectivity index is 1.35. The molecule has 11 aromatic rings. The Kier molecular flexibility index (Phi) is 3.51. The van der Waals surface area contributed by atoms with E-state index < -0.39 is 114 Å². The van der Waals surface area contributed by atoms with E-state index in [4.69, 9.17) is 35.8 Å². The van der Waals surface area contributed by atoms with E-state index in [1.807, 2.05) is 36.4 Å². The van der Waals surface area contributed by atoms with E-state index in [1.165, 1.54) is 4.57 Å². The maximum Gasteiger partial charge on any atom is 0.238 e. The van der Waals surface area contributed by atoms with Crippen molar-refractivity contribution in [2.75, 3.05) is 0 Å². The van der Waals surface area contributed by atoms with Crippen LogP contribution in [0.1, 0.15) is 23.3 Å². The average molecular weight is 688 g/mol. The van der Waals surface area contributed by atoms with Crippen molar-refractivity contribution in [2.45, 2.75) is 0 Å². The third kappa shape index (κ3) is 4.30. The molecule has 4 heterocycles. The van der Waals surface area contributed by atoms with Gasteiger partial charge in [-0.05, 0) is 47.4 Å². The summed E-state index contributed by atoms with van der Waals surface area (Å²) in [6.45, 7) is 0. The van der Waals surface area contributed by atoms with Crippen LogP contribution >= 0.6 is 11.3 Å². The fourth-order valence-corrected chi connectivity index (χ4v) is 7.55. The summed E-state index contributed by atoms with van der Waals surface area (Å²) in [5, 5.41) is -0.648. The summed E-state index contributed by atoms with van der Waals surface area (Å²) in [5.74, 6) is -0.905. The molecule has 0 saturated heterocycles. The molecule has 7 aromatic carbocycles. The third-order valence-electron chi connectivity index (χ3n) is 8.68. The van der Waals surface area contributed by atoms with E-state index in [1.54, 1.807) is 18.2 Å². The highest BCUT2D eigenvalue weighted by Crippen LogP contribution is 2.43. The van der Waals surface area contributed by atoms with Crippen molar-refractivity contribution in [3.8, 4) is 39.9 Å². The Bertz CT molecular complexity index is 4130. The maximum absolute atomic E-state index is 9.62. The lowest BCUT2D eigenvalue weighted by Crippen LogP contribution is -2.06. The zero-order chi connectivity index (χ0) is 48.3. The standard InChI is InChI=1S/C45H26N4OS/c1-2-12-27(13-3-1)28-14-10-15-29(26-28)43-46-44(35-20-11-19-32-30-16-5-8-22-38(30)50-41(32)35)48-45(47-43)49-36-21-7-4-18-34(36)40-37(49)25-24-33-31-17-6-9-23-39(31)51-42(33)40/h1-26H/i4D,5D,6D,7D,8D,9D,11D,16D,17D,18D,19D,20D,21D,22D,23D,24D,25D. The van der Waals surface area contributed by atoms with Crippen LogP contribution in [-0.4, -0.2) is 19.5 Å². The molecule has 6 heteroatoms. The van der Waals surface area contributed by atoms with Gasteiger partial charge in [-0.25, -0.2) is 4.98 Å². The van der Waals surface area contributed by atoms with Gasteiger partial charge in [0.1, 0.15) is 11.2 Å². The first-order valence-electron chi connectivity index (χ1n) is 24.1. The summed E-state index contributed by atoms with van der Waals surface area (Å²) in [4.78, 5) is 14.5. The normalized spacial score (nSPS) is 16.6. The van der Waals surface area contributed by atoms with Gasteiger partial charge in [0.05, 0.1) is 39.9 Å². The molecule has 0 aliphatic rings. The molecule has 0 bridgehead atoms. The monoisotopic (exact) mass is 687 g/mol. The lowest BCUT2D eigenvalue weighted by Gasteiger charge is -2.12. The number of fused-ring (bicyclic) bond motifs is 10. The quantitative estimate of drug-likeness (QED) is 0.185. The molecule has 0 atom stereocenters. The molecule has 11 rings (SSSR count). The first-order chi connectivity index (χ1) is 32.3. The third-order valence-corrected chi connectivity index (χ3v) is 9.80. The summed E-state index contributed by atoms with van der Waals surface area (Å²) in [7, 11) is 0. The van der Waals surface area contributed by atoms with Crippen molar-refractivity contribution < 1.29 is 27.7 Å². The highest BCUT2D eigenvalue weighted by Gasteiger charge is 2.22. The van der Waals surface area contributed by atoms with Crippen LogP contribution in [0.2, 0.25) is 0 Å². The molecule has 4 aromatic heterocycles. The van der Waals surface area contributed by atoms with Gasteiger partial charge in [0.25, 0.3) is 0 Å². The molecular formula is C45H26N4OS. The number of nitrogens with zero attached hydrogens (tertiary/aromatic N) is 4. The van der Waals surface area contributed by atoms with Crippen molar-refractivity contribution in [1.29, 1.82) is 0 Å². The molecule has 0 amide bonds. The van der Waals surface area contributed by atoms with Crippen LogP contribution in [0.4, 0.5) is 0 Å². The SMILES string of the molecule is [2H]c1c([2H])c([2H])c2c(oc3c(-c4nc(-c5cccc(-c6ccccc6)c5)nc(-n5c6c([2H])c([2H])c([2H])c([2H])c6c6c7sc8c([2H])c([2H])c([2H])c([2H])c8c7c([2H])c([2H])c65)n4)c([2H])c([2H])c([2H])c32)c1[2H]. The molecule has 51 heavy (non-hydrogen) atoms. The maximum atomic E-state index is 9.62. The Labute approximate surface area is 319 Å². The minimum Gasteiger partial charge on any atom is -0.455 e. The predicted octanol–water partition coefficient (Wildman–Crippen LogP) is 12.2. The van der Waals surface area contributed by atoms with Gasteiger partial charge < -0.3 is 4.42 Å². The Morgan fingerprint density at radius 3 is 2.22 bits per heavy atom. The summed E-state index contributed by atoms with van der Waals surface area (Å²) >= 11 is 0.871. The van der Waals surface area contributed by atoms with E-state index in [2.05, 4.69) is 0 Å². The van der Waals surface area contributed by atoms with Crippen LogP contribution in [0.25, 0.3) is 104 Å². The summed E-state index contributed by atoms with van der Waals surface area (Å²) in [6, 6.07) is 6.60. The van der Waals surface area contributed by atoms with E-state index in [9.17, 15) is 6.85 Å². The molecule has 238 valence electrons. The van der Waals surface area contributed by atoms with Crippen LogP contribution in [0.5, 0.6) is 0 Å². The molecule has 5 nitrogen and oxygen atoms in total. The van der Waals surface area contributed by atoms with Crippen LogP contribution in [0, 0.1) is 0 Å². The number of aromatic nitrogens is 4. The van der Waals surface area contributed by atoms with Crippen molar-refractivity contribution in [3.05, 3.63) is 157 Å². The first kappa shape index (κ1) is 16.4. The molecule has 0 saturated carbocycles. The van der Waals surface area contributed by atoms with Gasteiger partial charge in [-0.1, -0.05) is 121 Å². The molecule has 0 N–H and O–H groups in total. The molecular weight excluding hydrogens is 645 g/mol. The molecule has 0 spiro atoms. The van der Waals surface area contributed by atoms with Gasteiger partial charge in [0.2, 0.25) is 5.95 Å². The Morgan fingerprint density at radius 2 is 1.29 bits per heavy atom. The lowest BCUT2D eigenvalue weighted by molar-refractivity contribution is 0.669. The van der Waals surface area contributed by atoms with Crippen molar-refractivity contribution in [3.63, 3.8) is 0 Å². The van der Waals surface area contributed by atoms with Crippen molar-refractivity contribution in [2.24, 2.45) is 0 Å². The summed E-state index contributed by atoms with van der Waals surface area (Å²) < 4.78 is 159. The molecule has 0 aliphatic heterocycles. The van der Waals surface area contributed by atoms with Gasteiger partial charge >= 0.3 is 0 Å². The fourth-order valence-electron chi connectivity index (χ4n) is 6.43. The van der Waals surface area contributed by atoms with E-state index in [-0.39, 0.29) is 75.3 Å². The van der Waals surface area contributed by atoms with Crippen molar-refractivity contribution >= 4 is 75.3 Å². The van der Waals surface area contributed by atoms with Crippen LogP contribution < -0.4 is 0 Å². The van der Waals surface area contributed by atoms with Gasteiger partial charge in [-0.15, -0.1) is 11.3 Å². The fraction of sp³-hybridized carbons (Fsp3) is 0. The zero-order valence-corrected chi connectivity index (χ0v) is 26.6. The molecule has 0 aliphatic carbocycles. The zero-order valence-electron chi connectivity index (χ0n) is 42.8. The number of hydrogen-bond acceptors (Lipinski definition) is 5. The highest BCUT2D eigenvalue weighted by atomic mass is 32.1. The van der Waals surface area contributed by atoms with Crippen LogP contribution in [0.3, 0.4) is 0 Å². The van der Waals surface area contributed by atoms with E-state index >= 15 is 0 Å². The minimum absolute atomic E-state index is 0.00635. The Morgan fingerprint density at radius 1 is 0.549 bits per heavy atom.